The number of nitrogens with one attached hydrogen (secondary N) is 1. The van der Waals surface area contributed by atoms with E-state index in [4.69, 9.17) is 9.47 Å². The summed E-state index contributed by atoms with van der Waals surface area (Å²) in [5.41, 5.74) is 1.93. The maximum Gasteiger partial charge on any atom is 0.270 e. The number of fused-ring (bicyclic) bond motifs is 1. The first-order chi connectivity index (χ1) is 10.2. The van der Waals surface area contributed by atoms with Crippen molar-refractivity contribution < 1.29 is 19.4 Å². The standard InChI is InChI=1S/C16H15NO4/c1-20-13-8-10(9-18)7-12-15(13)21-14(16(19)17-12)11-5-3-2-4-6-11/h2-8,14,18H,9H2,1H3,(H,17,19). The van der Waals surface area contributed by atoms with Crippen LogP contribution in [0.3, 0.4) is 0 Å². The Morgan fingerprint density at radius 2 is 2.05 bits per heavy atom. The van der Waals surface area contributed by atoms with Crippen molar-refractivity contribution in [3.05, 3.63) is 53.6 Å². The van der Waals surface area contributed by atoms with Gasteiger partial charge in [-0.1, -0.05) is 30.3 Å². The number of methoxy groups -OCH3 is 1. The van der Waals surface area contributed by atoms with Crippen LogP contribution in [0.2, 0.25) is 0 Å². The van der Waals surface area contributed by atoms with Crippen molar-refractivity contribution >= 4 is 11.6 Å². The Bertz CT molecular complexity index is 669. The molecular weight excluding hydrogens is 270 g/mol. The second-order valence-electron chi connectivity index (χ2n) is 4.73. The molecule has 0 aromatic heterocycles. The third kappa shape index (κ3) is 2.43. The van der Waals surface area contributed by atoms with Crippen LogP contribution in [0.5, 0.6) is 11.5 Å². The van der Waals surface area contributed by atoms with E-state index in [1.165, 1.54) is 7.11 Å². The molecule has 1 amide bonds. The highest BCUT2D eigenvalue weighted by Gasteiger charge is 2.31. The molecule has 1 aliphatic heterocycles. The molecule has 1 heterocycles. The Labute approximate surface area is 122 Å². The molecule has 0 radical (unpaired) electrons. The molecular formula is C16H15NO4. The fourth-order valence-electron chi connectivity index (χ4n) is 2.33. The van der Waals surface area contributed by atoms with Gasteiger partial charge in [0, 0.05) is 5.56 Å². The Balaban J connectivity index is 2.03. The van der Waals surface area contributed by atoms with E-state index in [-0.39, 0.29) is 12.5 Å². The lowest BCUT2D eigenvalue weighted by Gasteiger charge is -2.27. The van der Waals surface area contributed by atoms with Crippen LogP contribution in [-0.4, -0.2) is 18.1 Å². The lowest BCUT2D eigenvalue weighted by atomic mass is 10.1. The van der Waals surface area contributed by atoms with E-state index >= 15 is 0 Å². The number of aliphatic hydroxyl groups is 1. The summed E-state index contributed by atoms with van der Waals surface area (Å²) in [6.07, 6.45) is -0.715. The number of aliphatic hydroxyl groups excluding tert-OH is 1. The molecule has 0 spiro atoms. The highest BCUT2D eigenvalue weighted by molar-refractivity contribution is 5.99. The molecule has 0 saturated heterocycles. The van der Waals surface area contributed by atoms with E-state index in [9.17, 15) is 9.90 Å². The second-order valence-corrected chi connectivity index (χ2v) is 4.73. The Hall–Kier alpha value is -2.53. The van der Waals surface area contributed by atoms with Gasteiger partial charge in [0.1, 0.15) is 0 Å². The average Bonchev–Trinajstić information content (AvgIpc) is 2.53. The van der Waals surface area contributed by atoms with Crippen molar-refractivity contribution in [3.63, 3.8) is 0 Å². The van der Waals surface area contributed by atoms with Crippen molar-refractivity contribution in [1.82, 2.24) is 0 Å². The summed E-state index contributed by atoms with van der Waals surface area (Å²) in [4.78, 5) is 12.2. The molecule has 5 nitrogen and oxygen atoms in total. The fourth-order valence-corrected chi connectivity index (χ4v) is 2.33. The minimum absolute atomic E-state index is 0.137. The number of anilines is 1. The van der Waals surface area contributed by atoms with Gasteiger partial charge in [-0.3, -0.25) is 4.79 Å². The average molecular weight is 285 g/mol. The topological polar surface area (TPSA) is 67.8 Å². The number of amides is 1. The smallest absolute Gasteiger partial charge is 0.270 e. The molecule has 0 fully saturated rings. The molecule has 1 aliphatic rings. The number of hydrogen-bond acceptors (Lipinski definition) is 4. The van der Waals surface area contributed by atoms with Gasteiger partial charge in [0.2, 0.25) is 6.10 Å². The summed E-state index contributed by atoms with van der Waals surface area (Å²) in [6.45, 7) is -0.137. The van der Waals surface area contributed by atoms with Gasteiger partial charge in [0.15, 0.2) is 11.5 Å². The predicted molar refractivity (Wildman–Crippen MR) is 77.4 cm³/mol. The lowest BCUT2D eigenvalue weighted by molar-refractivity contribution is -0.123. The van der Waals surface area contributed by atoms with Gasteiger partial charge in [-0.05, 0) is 17.7 Å². The zero-order chi connectivity index (χ0) is 14.8. The number of benzene rings is 2. The third-order valence-electron chi connectivity index (χ3n) is 3.35. The molecule has 0 aliphatic carbocycles. The molecule has 3 rings (SSSR count). The molecule has 2 aromatic carbocycles. The van der Waals surface area contributed by atoms with Crippen LogP contribution in [0.1, 0.15) is 17.2 Å². The minimum Gasteiger partial charge on any atom is -0.493 e. The van der Waals surface area contributed by atoms with Crippen molar-refractivity contribution in [2.75, 3.05) is 12.4 Å². The van der Waals surface area contributed by atoms with Crippen molar-refractivity contribution in [3.8, 4) is 11.5 Å². The Kier molecular flexibility index (Phi) is 3.50. The molecule has 1 atom stereocenters. The first kappa shape index (κ1) is 13.5. The van der Waals surface area contributed by atoms with Gasteiger partial charge < -0.3 is 19.9 Å². The first-order valence-electron chi connectivity index (χ1n) is 6.57. The summed E-state index contributed by atoms with van der Waals surface area (Å²) in [7, 11) is 1.52. The summed E-state index contributed by atoms with van der Waals surface area (Å²) in [6, 6.07) is 12.6. The van der Waals surface area contributed by atoms with Crippen LogP contribution in [0.4, 0.5) is 5.69 Å². The van der Waals surface area contributed by atoms with Crippen molar-refractivity contribution in [2.45, 2.75) is 12.7 Å². The van der Waals surface area contributed by atoms with Crippen LogP contribution in [-0.2, 0) is 11.4 Å². The lowest BCUT2D eigenvalue weighted by Crippen LogP contribution is -2.30. The van der Waals surface area contributed by atoms with Gasteiger partial charge >= 0.3 is 0 Å². The second kappa shape index (κ2) is 5.46. The maximum absolute atomic E-state index is 12.2. The van der Waals surface area contributed by atoms with Gasteiger partial charge in [-0.15, -0.1) is 0 Å². The van der Waals surface area contributed by atoms with Crippen LogP contribution in [0.15, 0.2) is 42.5 Å². The molecule has 0 saturated carbocycles. The number of hydrogen-bond donors (Lipinski definition) is 2. The van der Waals surface area contributed by atoms with E-state index in [0.29, 0.717) is 22.7 Å². The van der Waals surface area contributed by atoms with Crippen LogP contribution < -0.4 is 14.8 Å². The van der Waals surface area contributed by atoms with Gasteiger partial charge in [0.25, 0.3) is 5.91 Å². The number of ether oxygens (including phenoxy) is 2. The molecule has 2 N–H and O–H groups in total. The molecule has 21 heavy (non-hydrogen) atoms. The third-order valence-corrected chi connectivity index (χ3v) is 3.35. The maximum atomic E-state index is 12.2. The van der Waals surface area contributed by atoms with E-state index in [2.05, 4.69) is 5.32 Å². The van der Waals surface area contributed by atoms with Gasteiger partial charge in [0.05, 0.1) is 19.4 Å². The zero-order valence-corrected chi connectivity index (χ0v) is 11.5. The summed E-state index contributed by atoms with van der Waals surface area (Å²) >= 11 is 0. The van der Waals surface area contributed by atoms with Gasteiger partial charge in [-0.25, -0.2) is 0 Å². The fraction of sp³-hybridized carbons (Fsp3) is 0.188. The quantitative estimate of drug-likeness (QED) is 0.907. The van der Waals surface area contributed by atoms with E-state index < -0.39 is 6.10 Å². The monoisotopic (exact) mass is 285 g/mol. The predicted octanol–water partition coefficient (Wildman–Crippen LogP) is 2.26. The van der Waals surface area contributed by atoms with E-state index in [0.717, 1.165) is 5.56 Å². The highest BCUT2D eigenvalue weighted by Crippen LogP contribution is 2.42. The van der Waals surface area contributed by atoms with Gasteiger partial charge in [-0.2, -0.15) is 0 Å². The van der Waals surface area contributed by atoms with Crippen LogP contribution in [0, 0.1) is 0 Å². The summed E-state index contributed by atoms with van der Waals surface area (Å²) in [5.74, 6) is 0.714. The number of carbonyl (C=O) groups excluding carboxylic acids is 1. The number of rotatable bonds is 3. The number of carbonyl (C=O) groups is 1. The van der Waals surface area contributed by atoms with Crippen molar-refractivity contribution in [1.29, 1.82) is 0 Å². The largest absolute Gasteiger partial charge is 0.493 e. The first-order valence-corrected chi connectivity index (χ1v) is 6.57. The molecule has 0 bridgehead atoms. The molecule has 2 aromatic rings. The summed E-state index contributed by atoms with van der Waals surface area (Å²) in [5, 5.41) is 12.0. The normalized spacial score (nSPS) is 16.7. The van der Waals surface area contributed by atoms with E-state index in [1.807, 2.05) is 30.3 Å². The molecule has 108 valence electrons. The summed E-state index contributed by atoms with van der Waals surface area (Å²) < 4.78 is 11.1. The van der Waals surface area contributed by atoms with Crippen LogP contribution >= 0.6 is 0 Å². The Morgan fingerprint density at radius 1 is 1.29 bits per heavy atom. The molecule has 5 heteroatoms. The van der Waals surface area contributed by atoms with Crippen LogP contribution in [0.25, 0.3) is 0 Å². The zero-order valence-electron chi connectivity index (χ0n) is 11.5. The van der Waals surface area contributed by atoms with Crippen molar-refractivity contribution in [2.24, 2.45) is 0 Å². The Morgan fingerprint density at radius 3 is 2.71 bits per heavy atom. The van der Waals surface area contributed by atoms with E-state index in [1.54, 1.807) is 12.1 Å². The highest BCUT2D eigenvalue weighted by atomic mass is 16.5. The molecule has 1 unspecified atom stereocenters. The SMILES string of the molecule is COc1cc(CO)cc2c1OC(c1ccccc1)C(=O)N2. The minimum atomic E-state index is -0.715.